The molecule has 30 heavy (non-hydrogen) atoms. The summed E-state index contributed by atoms with van der Waals surface area (Å²) < 4.78 is 17.5. The van der Waals surface area contributed by atoms with E-state index in [0.717, 1.165) is 11.3 Å². The molecule has 2 aliphatic heterocycles. The molecule has 2 bridgehead atoms. The third kappa shape index (κ3) is 4.08. The van der Waals surface area contributed by atoms with Crippen LogP contribution >= 0.6 is 0 Å². The molecule has 2 aromatic heterocycles. The first-order chi connectivity index (χ1) is 14.4. The van der Waals surface area contributed by atoms with Crippen LogP contribution < -0.4 is 9.47 Å². The maximum atomic E-state index is 12.4. The molecule has 0 unspecified atom stereocenters. The topological polar surface area (TPSA) is 86.7 Å². The van der Waals surface area contributed by atoms with Gasteiger partial charge in [-0.1, -0.05) is 12.2 Å². The summed E-state index contributed by atoms with van der Waals surface area (Å²) in [6.07, 6.45) is 8.15. The minimum Gasteiger partial charge on any atom is -0.474 e. The number of fused-ring (bicyclic) bond motifs is 2. The molecule has 0 aliphatic carbocycles. The molecule has 2 aromatic rings. The van der Waals surface area contributed by atoms with E-state index in [1.54, 1.807) is 11.1 Å². The number of aromatic nitrogens is 3. The van der Waals surface area contributed by atoms with E-state index in [2.05, 4.69) is 27.1 Å². The van der Waals surface area contributed by atoms with Gasteiger partial charge in [-0.25, -0.2) is 14.8 Å². The lowest BCUT2D eigenvalue weighted by molar-refractivity contribution is 0.0263. The van der Waals surface area contributed by atoms with Gasteiger partial charge < -0.3 is 14.2 Å². The Morgan fingerprint density at radius 2 is 1.80 bits per heavy atom. The van der Waals surface area contributed by atoms with Gasteiger partial charge in [0, 0.05) is 19.0 Å². The lowest BCUT2D eigenvalue weighted by atomic mass is 9.99. The third-order valence-electron chi connectivity index (χ3n) is 5.26. The van der Waals surface area contributed by atoms with E-state index in [-0.39, 0.29) is 30.4 Å². The zero-order valence-corrected chi connectivity index (χ0v) is 17.6. The first-order valence-corrected chi connectivity index (χ1v) is 10.2. The molecule has 4 rings (SSSR count). The molecule has 4 heterocycles. The van der Waals surface area contributed by atoms with Crippen molar-refractivity contribution in [3.63, 3.8) is 0 Å². The summed E-state index contributed by atoms with van der Waals surface area (Å²) >= 11 is 0. The van der Waals surface area contributed by atoms with Crippen LogP contribution in [-0.2, 0) is 4.74 Å². The molecule has 1 fully saturated rings. The average molecular weight is 410 g/mol. The summed E-state index contributed by atoms with van der Waals surface area (Å²) in [4.78, 5) is 27.0. The van der Waals surface area contributed by atoms with Crippen molar-refractivity contribution in [2.75, 3.05) is 0 Å². The molecular weight excluding hydrogens is 384 g/mol. The number of amides is 1. The zero-order valence-electron chi connectivity index (χ0n) is 17.6. The molecular formula is C22H26N4O4. The van der Waals surface area contributed by atoms with Crippen molar-refractivity contribution in [3.05, 3.63) is 48.1 Å². The number of rotatable bonds is 5. The van der Waals surface area contributed by atoms with E-state index >= 15 is 0 Å². The first-order valence-electron chi connectivity index (χ1n) is 10.2. The highest BCUT2D eigenvalue weighted by Gasteiger charge is 2.42. The van der Waals surface area contributed by atoms with Crippen LogP contribution in [0.15, 0.2) is 36.8 Å². The molecule has 8 heteroatoms. The van der Waals surface area contributed by atoms with Gasteiger partial charge in [0.25, 0.3) is 0 Å². The fourth-order valence-corrected chi connectivity index (χ4v) is 3.82. The van der Waals surface area contributed by atoms with Crippen molar-refractivity contribution < 1.29 is 19.0 Å². The van der Waals surface area contributed by atoms with Crippen molar-refractivity contribution in [2.24, 2.45) is 0 Å². The number of aryl methyl sites for hydroxylation is 1. The van der Waals surface area contributed by atoms with Gasteiger partial charge in [0.2, 0.25) is 11.8 Å². The molecule has 158 valence electrons. The summed E-state index contributed by atoms with van der Waals surface area (Å²) in [6.45, 7) is 7.46. The van der Waals surface area contributed by atoms with Gasteiger partial charge in [0.1, 0.15) is 12.4 Å². The Kier molecular flexibility index (Phi) is 5.57. The Hall–Kier alpha value is -3.16. The minimum absolute atomic E-state index is 0.0316. The van der Waals surface area contributed by atoms with Gasteiger partial charge in [-0.3, -0.25) is 9.88 Å². The molecule has 0 aromatic carbocycles. The zero-order chi connectivity index (χ0) is 21.3. The number of nitrogens with zero attached hydrogens (tertiary/aromatic N) is 4. The van der Waals surface area contributed by atoms with Crippen LogP contribution in [0, 0.1) is 13.8 Å². The Bertz CT molecular complexity index is 946. The van der Waals surface area contributed by atoms with E-state index < -0.39 is 0 Å². The Morgan fingerprint density at radius 3 is 2.47 bits per heavy atom. The van der Waals surface area contributed by atoms with E-state index in [1.807, 2.05) is 39.8 Å². The monoisotopic (exact) mass is 410 g/mol. The molecule has 1 amide bonds. The smallest absolute Gasteiger partial charge is 0.411 e. The van der Waals surface area contributed by atoms with Gasteiger partial charge in [-0.05, 0) is 39.8 Å². The lowest BCUT2D eigenvalue weighted by Gasteiger charge is -2.38. The molecule has 0 spiro atoms. The van der Waals surface area contributed by atoms with Crippen LogP contribution in [0.5, 0.6) is 17.5 Å². The van der Waals surface area contributed by atoms with E-state index in [1.165, 1.54) is 6.33 Å². The van der Waals surface area contributed by atoms with Gasteiger partial charge in [0.05, 0.1) is 29.4 Å². The maximum Gasteiger partial charge on any atom is 0.411 e. The molecule has 0 N–H and O–H groups in total. The maximum absolute atomic E-state index is 12.4. The fraction of sp³-hybridized carbons (Fsp3) is 0.455. The van der Waals surface area contributed by atoms with Gasteiger partial charge >= 0.3 is 6.09 Å². The second-order valence-electron chi connectivity index (χ2n) is 7.87. The number of piperidine rings is 1. The Balaban J connectivity index is 1.45. The van der Waals surface area contributed by atoms with Crippen LogP contribution in [-0.4, -0.2) is 50.2 Å². The number of hydrogen-bond acceptors (Lipinski definition) is 7. The highest BCUT2D eigenvalue weighted by Crippen LogP contribution is 2.35. The van der Waals surface area contributed by atoms with Gasteiger partial charge in [-0.15, -0.1) is 0 Å². The third-order valence-corrected chi connectivity index (χ3v) is 5.26. The lowest BCUT2D eigenvalue weighted by Crippen LogP contribution is -2.50. The van der Waals surface area contributed by atoms with E-state index in [4.69, 9.17) is 14.2 Å². The Morgan fingerprint density at radius 1 is 1.10 bits per heavy atom. The summed E-state index contributed by atoms with van der Waals surface area (Å²) in [7, 11) is 0. The predicted octanol–water partition coefficient (Wildman–Crippen LogP) is 3.98. The predicted molar refractivity (Wildman–Crippen MR) is 110 cm³/mol. The van der Waals surface area contributed by atoms with Gasteiger partial charge in [-0.2, -0.15) is 0 Å². The van der Waals surface area contributed by atoms with Crippen molar-refractivity contribution in [1.82, 2.24) is 19.9 Å². The number of pyridine rings is 1. The summed E-state index contributed by atoms with van der Waals surface area (Å²) in [6, 6.07) is 3.60. The van der Waals surface area contributed by atoms with Crippen molar-refractivity contribution in [1.29, 1.82) is 0 Å². The highest BCUT2D eigenvalue weighted by atomic mass is 16.6. The number of carbonyl (C=O) groups is 1. The van der Waals surface area contributed by atoms with Crippen molar-refractivity contribution in [3.8, 4) is 17.5 Å². The number of hydrogen-bond donors (Lipinski definition) is 0. The second kappa shape index (κ2) is 8.30. The van der Waals surface area contributed by atoms with Crippen LogP contribution in [0.3, 0.4) is 0 Å². The second-order valence-corrected chi connectivity index (χ2v) is 7.87. The molecule has 0 radical (unpaired) electrons. The van der Waals surface area contributed by atoms with E-state index in [9.17, 15) is 4.79 Å². The summed E-state index contributed by atoms with van der Waals surface area (Å²) in [5.74, 6) is 1.57. The van der Waals surface area contributed by atoms with Crippen LogP contribution in [0.2, 0.25) is 0 Å². The molecule has 2 atom stereocenters. The highest BCUT2D eigenvalue weighted by molar-refractivity contribution is 5.70. The normalized spacial score (nSPS) is 22.3. The average Bonchev–Trinajstić information content (AvgIpc) is 2.97. The van der Waals surface area contributed by atoms with Crippen molar-refractivity contribution in [2.45, 2.75) is 64.8 Å². The molecule has 2 aliphatic rings. The van der Waals surface area contributed by atoms with Crippen LogP contribution in [0.1, 0.15) is 37.9 Å². The minimum atomic E-state index is -0.274. The molecule has 1 saturated heterocycles. The Labute approximate surface area is 175 Å². The van der Waals surface area contributed by atoms with Crippen molar-refractivity contribution >= 4 is 6.09 Å². The van der Waals surface area contributed by atoms with Gasteiger partial charge in [0.15, 0.2) is 5.75 Å². The summed E-state index contributed by atoms with van der Waals surface area (Å²) in [5, 5.41) is 0. The fourth-order valence-electron chi connectivity index (χ4n) is 3.82. The standard InChI is InChI=1S/C22H26N4O4/c1-13(2)28-22(27)26-16-7-8-17(26)11-18(10-16)29-20-14(3)21(25-12-24-20)30-19-6-5-9-23-15(19)4/h5-9,12-13,16-18H,10-11H2,1-4H3/t16-,17-/m0/s1. The number of carbonyl (C=O) groups excluding carboxylic acids is 1. The number of ether oxygens (including phenoxy) is 3. The summed E-state index contributed by atoms with van der Waals surface area (Å²) in [5.41, 5.74) is 1.50. The van der Waals surface area contributed by atoms with E-state index in [0.29, 0.717) is 30.4 Å². The molecule has 8 nitrogen and oxygen atoms in total. The molecule has 0 saturated carbocycles. The van der Waals surface area contributed by atoms with Crippen LogP contribution in [0.25, 0.3) is 0 Å². The van der Waals surface area contributed by atoms with Crippen LogP contribution in [0.4, 0.5) is 4.79 Å². The first kappa shape index (κ1) is 20.1. The largest absolute Gasteiger partial charge is 0.474 e. The quantitative estimate of drug-likeness (QED) is 0.689. The SMILES string of the molecule is Cc1ncccc1Oc1ncnc(OC2C[C@@H]3C=C[C@@H](C2)N3C(=O)OC(C)C)c1C.